The Morgan fingerprint density at radius 1 is 1.43 bits per heavy atom. The lowest BCUT2D eigenvalue weighted by atomic mass is 10.1. The maximum atomic E-state index is 12.0. The predicted molar refractivity (Wildman–Crippen MR) is 82.4 cm³/mol. The van der Waals surface area contributed by atoms with Crippen LogP contribution in [0.5, 0.6) is 0 Å². The molecule has 3 heterocycles. The number of aromatic nitrogens is 4. The highest BCUT2D eigenvalue weighted by Crippen LogP contribution is 2.23. The molecule has 0 saturated carbocycles. The molecular formula is C14H15N5OS. The Morgan fingerprint density at radius 3 is 3.00 bits per heavy atom. The van der Waals surface area contributed by atoms with Gasteiger partial charge in [0.1, 0.15) is 10.3 Å². The normalized spacial score (nSPS) is 11.0. The summed E-state index contributed by atoms with van der Waals surface area (Å²) in [5.41, 5.74) is 3.88. The standard InChI is InChI=1S/C14H15N5OS/c1-8-10(9(2)19-18-8)5-6-12(20)17-14-16-11-4-3-7-15-13(11)21-14/h3-4,7H,5-6H2,1-2H3,(H,18,19)(H,16,17,20). The second kappa shape index (κ2) is 5.61. The summed E-state index contributed by atoms with van der Waals surface area (Å²) < 4.78 is 0. The van der Waals surface area contributed by atoms with Crippen LogP contribution in [0.1, 0.15) is 23.4 Å². The van der Waals surface area contributed by atoms with Gasteiger partial charge in [0.15, 0.2) is 5.13 Å². The molecule has 0 aliphatic carbocycles. The number of H-pyrrole nitrogens is 1. The highest BCUT2D eigenvalue weighted by atomic mass is 32.1. The van der Waals surface area contributed by atoms with Crippen molar-refractivity contribution in [1.82, 2.24) is 20.2 Å². The minimum Gasteiger partial charge on any atom is -0.302 e. The number of amides is 1. The molecule has 3 aromatic rings. The summed E-state index contributed by atoms with van der Waals surface area (Å²) in [7, 11) is 0. The van der Waals surface area contributed by atoms with E-state index < -0.39 is 0 Å². The third-order valence-corrected chi connectivity index (χ3v) is 4.19. The van der Waals surface area contributed by atoms with E-state index in [0.717, 1.165) is 27.3 Å². The van der Waals surface area contributed by atoms with Crippen molar-refractivity contribution < 1.29 is 4.79 Å². The quantitative estimate of drug-likeness (QED) is 0.776. The monoisotopic (exact) mass is 301 g/mol. The number of rotatable bonds is 4. The molecule has 0 aromatic carbocycles. The van der Waals surface area contributed by atoms with Gasteiger partial charge in [0, 0.05) is 18.3 Å². The Kier molecular flexibility index (Phi) is 3.66. The molecule has 0 aliphatic heterocycles. The van der Waals surface area contributed by atoms with E-state index in [2.05, 4.69) is 25.5 Å². The zero-order chi connectivity index (χ0) is 14.8. The van der Waals surface area contributed by atoms with Crippen LogP contribution in [0, 0.1) is 13.8 Å². The van der Waals surface area contributed by atoms with Gasteiger partial charge in [0.2, 0.25) is 5.91 Å². The summed E-state index contributed by atoms with van der Waals surface area (Å²) in [6.45, 7) is 3.91. The van der Waals surface area contributed by atoms with Crippen LogP contribution in [0.2, 0.25) is 0 Å². The van der Waals surface area contributed by atoms with Crippen molar-refractivity contribution in [2.45, 2.75) is 26.7 Å². The van der Waals surface area contributed by atoms with Gasteiger partial charge < -0.3 is 5.32 Å². The molecule has 0 bridgehead atoms. The topological polar surface area (TPSA) is 83.6 Å². The zero-order valence-electron chi connectivity index (χ0n) is 11.8. The number of pyridine rings is 1. The van der Waals surface area contributed by atoms with Gasteiger partial charge >= 0.3 is 0 Å². The number of carbonyl (C=O) groups is 1. The minimum absolute atomic E-state index is 0.0472. The van der Waals surface area contributed by atoms with Crippen molar-refractivity contribution in [2.75, 3.05) is 5.32 Å². The van der Waals surface area contributed by atoms with Gasteiger partial charge in [0.05, 0.1) is 5.69 Å². The van der Waals surface area contributed by atoms with E-state index in [1.54, 1.807) is 6.20 Å². The minimum atomic E-state index is -0.0472. The molecule has 3 rings (SSSR count). The van der Waals surface area contributed by atoms with Crippen molar-refractivity contribution in [1.29, 1.82) is 0 Å². The fourth-order valence-corrected chi connectivity index (χ4v) is 3.01. The molecular weight excluding hydrogens is 286 g/mol. The Hall–Kier alpha value is -2.28. The predicted octanol–water partition coefficient (Wildman–Crippen LogP) is 2.60. The molecule has 0 aliphatic rings. The molecule has 0 atom stereocenters. The van der Waals surface area contributed by atoms with Crippen molar-refractivity contribution in [3.8, 4) is 0 Å². The molecule has 0 unspecified atom stereocenters. The summed E-state index contributed by atoms with van der Waals surface area (Å²) in [4.78, 5) is 21.4. The Labute approximate surface area is 125 Å². The molecule has 21 heavy (non-hydrogen) atoms. The highest BCUT2D eigenvalue weighted by molar-refractivity contribution is 7.21. The van der Waals surface area contributed by atoms with E-state index in [9.17, 15) is 4.79 Å². The average molecular weight is 301 g/mol. The lowest BCUT2D eigenvalue weighted by Crippen LogP contribution is -2.12. The number of carbonyl (C=O) groups excluding carboxylic acids is 1. The molecule has 0 radical (unpaired) electrons. The third-order valence-electron chi connectivity index (χ3n) is 3.30. The first-order valence-corrected chi connectivity index (χ1v) is 7.47. The molecule has 2 N–H and O–H groups in total. The summed E-state index contributed by atoms with van der Waals surface area (Å²) in [6.07, 6.45) is 2.80. The van der Waals surface area contributed by atoms with Gasteiger partial charge in [-0.25, -0.2) is 9.97 Å². The Bertz CT molecular complexity index is 739. The molecule has 0 fully saturated rings. The molecule has 0 saturated heterocycles. The fraction of sp³-hybridized carbons (Fsp3) is 0.286. The number of hydrogen-bond acceptors (Lipinski definition) is 5. The zero-order valence-corrected chi connectivity index (χ0v) is 12.6. The van der Waals surface area contributed by atoms with Crippen LogP contribution in [-0.2, 0) is 11.2 Å². The first-order valence-electron chi connectivity index (χ1n) is 6.65. The van der Waals surface area contributed by atoms with Crippen LogP contribution in [-0.4, -0.2) is 26.1 Å². The first-order chi connectivity index (χ1) is 10.1. The second-order valence-electron chi connectivity index (χ2n) is 4.81. The Balaban J connectivity index is 1.64. The van der Waals surface area contributed by atoms with Crippen molar-refractivity contribution in [2.24, 2.45) is 0 Å². The number of aromatic amines is 1. The molecule has 7 heteroatoms. The van der Waals surface area contributed by atoms with Crippen LogP contribution in [0.4, 0.5) is 5.13 Å². The van der Waals surface area contributed by atoms with E-state index in [1.165, 1.54) is 11.3 Å². The lowest BCUT2D eigenvalue weighted by molar-refractivity contribution is -0.116. The number of nitrogens with zero attached hydrogens (tertiary/aromatic N) is 3. The van der Waals surface area contributed by atoms with Gasteiger partial charge in [-0.3, -0.25) is 9.89 Å². The second-order valence-corrected chi connectivity index (χ2v) is 5.78. The third kappa shape index (κ3) is 2.92. The van der Waals surface area contributed by atoms with E-state index in [4.69, 9.17) is 0 Å². The molecule has 108 valence electrons. The molecule has 1 amide bonds. The van der Waals surface area contributed by atoms with Crippen LogP contribution in [0.15, 0.2) is 18.3 Å². The van der Waals surface area contributed by atoms with Crippen LogP contribution in [0.25, 0.3) is 10.3 Å². The summed E-state index contributed by atoms with van der Waals surface area (Å²) >= 11 is 1.38. The maximum absolute atomic E-state index is 12.0. The smallest absolute Gasteiger partial charge is 0.226 e. The number of aryl methyl sites for hydroxylation is 2. The van der Waals surface area contributed by atoms with Gasteiger partial charge in [-0.2, -0.15) is 5.10 Å². The average Bonchev–Trinajstić information content (AvgIpc) is 3.00. The van der Waals surface area contributed by atoms with Crippen LogP contribution in [0.3, 0.4) is 0 Å². The summed E-state index contributed by atoms with van der Waals surface area (Å²) in [6, 6.07) is 3.71. The van der Waals surface area contributed by atoms with Gasteiger partial charge in [-0.1, -0.05) is 11.3 Å². The Morgan fingerprint density at radius 2 is 2.29 bits per heavy atom. The van der Waals surface area contributed by atoms with E-state index in [-0.39, 0.29) is 5.91 Å². The van der Waals surface area contributed by atoms with Crippen molar-refractivity contribution in [3.05, 3.63) is 35.3 Å². The van der Waals surface area contributed by atoms with Gasteiger partial charge in [-0.05, 0) is 38.0 Å². The van der Waals surface area contributed by atoms with Crippen molar-refractivity contribution >= 4 is 32.7 Å². The SMILES string of the molecule is Cc1n[nH]c(C)c1CCC(=O)Nc1nc2cccnc2s1. The van der Waals surface area contributed by atoms with Crippen molar-refractivity contribution in [3.63, 3.8) is 0 Å². The van der Waals surface area contributed by atoms with E-state index in [1.807, 2.05) is 26.0 Å². The summed E-state index contributed by atoms with van der Waals surface area (Å²) in [5.74, 6) is -0.0472. The van der Waals surface area contributed by atoms with Crippen LogP contribution >= 0.6 is 11.3 Å². The number of anilines is 1. The summed E-state index contributed by atoms with van der Waals surface area (Å²) in [5, 5.41) is 10.5. The van der Waals surface area contributed by atoms with Gasteiger partial charge in [0.25, 0.3) is 0 Å². The molecule has 3 aromatic heterocycles. The highest BCUT2D eigenvalue weighted by Gasteiger charge is 2.11. The number of thiazole rings is 1. The molecule has 0 spiro atoms. The molecule has 6 nitrogen and oxygen atoms in total. The van der Waals surface area contributed by atoms with Gasteiger partial charge in [-0.15, -0.1) is 0 Å². The number of hydrogen-bond donors (Lipinski definition) is 2. The lowest BCUT2D eigenvalue weighted by Gasteiger charge is -2.02. The van der Waals surface area contributed by atoms with E-state index in [0.29, 0.717) is 18.0 Å². The maximum Gasteiger partial charge on any atom is 0.226 e. The van der Waals surface area contributed by atoms with E-state index >= 15 is 0 Å². The largest absolute Gasteiger partial charge is 0.302 e. The fourth-order valence-electron chi connectivity index (χ4n) is 2.19. The van der Waals surface area contributed by atoms with Crippen LogP contribution < -0.4 is 5.32 Å². The number of fused-ring (bicyclic) bond motifs is 1. The first kappa shape index (κ1) is 13.7. The number of nitrogens with one attached hydrogen (secondary N) is 2.